The Balaban J connectivity index is 2.04. The van der Waals surface area contributed by atoms with E-state index in [1.54, 1.807) is 12.1 Å². The molecule has 2 atom stereocenters. The average molecular weight is 392 g/mol. The predicted octanol–water partition coefficient (Wildman–Crippen LogP) is 5.52. The molecule has 114 valence electrons. The predicted molar refractivity (Wildman–Crippen MR) is 91.8 cm³/mol. The van der Waals surface area contributed by atoms with Gasteiger partial charge in [-0.3, -0.25) is 0 Å². The van der Waals surface area contributed by atoms with Crippen molar-refractivity contribution in [2.24, 2.45) is 0 Å². The lowest BCUT2D eigenvalue weighted by Gasteiger charge is -2.23. The van der Waals surface area contributed by atoms with Crippen LogP contribution in [-0.4, -0.2) is 20.6 Å². The van der Waals surface area contributed by atoms with E-state index in [0.29, 0.717) is 9.72 Å². The van der Waals surface area contributed by atoms with Crippen LogP contribution in [-0.2, 0) is 6.54 Å². The van der Waals surface area contributed by atoms with Gasteiger partial charge in [0.05, 0.1) is 20.9 Å². The van der Waals surface area contributed by atoms with Crippen molar-refractivity contribution in [3.05, 3.63) is 28.2 Å². The molecule has 0 amide bonds. The summed E-state index contributed by atoms with van der Waals surface area (Å²) in [4.78, 5) is 4.60. The third-order valence-corrected chi connectivity index (χ3v) is 6.02. The topological polar surface area (TPSA) is 17.8 Å². The highest BCUT2D eigenvalue weighted by atomic mass is 79.9. The van der Waals surface area contributed by atoms with E-state index in [4.69, 9.17) is 11.6 Å². The SMILES string of the molecule is CC(Cl)c1nc2cc(Br)c(F)cc2n1CC1CCCCS1. The standard InChI is InChI=1S/C15H17BrClFN2S/c1-9(17)15-19-13-6-11(16)12(18)7-14(13)20(15)8-10-4-2-3-5-21-10/h6-7,9-10H,2-5,8H2,1H3. The maximum atomic E-state index is 13.9. The smallest absolute Gasteiger partial charge is 0.139 e. The highest BCUT2D eigenvalue weighted by Gasteiger charge is 2.21. The van der Waals surface area contributed by atoms with Crippen LogP contribution in [0.1, 0.15) is 37.4 Å². The molecule has 1 aromatic heterocycles. The maximum Gasteiger partial charge on any atom is 0.139 e. The van der Waals surface area contributed by atoms with E-state index in [-0.39, 0.29) is 11.2 Å². The van der Waals surface area contributed by atoms with E-state index in [1.165, 1.54) is 25.0 Å². The van der Waals surface area contributed by atoms with Gasteiger partial charge in [-0.2, -0.15) is 11.8 Å². The Labute approximate surface area is 141 Å². The van der Waals surface area contributed by atoms with Crippen LogP contribution in [0.4, 0.5) is 4.39 Å². The quantitative estimate of drug-likeness (QED) is 0.641. The second-order valence-corrected chi connectivity index (χ2v) is 8.36. The zero-order valence-corrected chi connectivity index (χ0v) is 14.9. The van der Waals surface area contributed by atoms with E-state index in [1.807, 2.05) is 18.7 Å². The summed E-state index contributed by atoms with van der Waals surface area (Å²) in [5, 5.41) is 0.379. The lowest BCUT2D eigenvalue weighted by Crippen LogP contribution is -2.18. The molecule has 21 heavy (non-hydrogen) atoms. The van der Waals surface area contributed by atoms with Crippen molar-refractivity contribution < 1.29 is 4.39 Å². The first-order valence-corrected chi connectivity index (χ1v) is 9.45. The van der Waals surface area contributed by atoms with E-state index in [0.717, 1.165) is 23.4 Å². The number of halogens is 3. The van der Waals surface area contributed by atoms with E-state index >= 15 is 0 Å². The van der Waals surface area contributed by atoms with Gasteiger partial charge < -0.3 is 4.57 Å². The Bertz CT molecular complexity index is 653. The summed E-state index contributed by atoms with van der Waals surface area (Å²) < 4.78 is 16.4. The van der Waals surface area contributed by atoms with Gasteiger partial charge in [-0.1, -0.05) is 6.42 Å². The molecular formula is C15H17BrClFN2S. The van der Waals surface area contributed by atoms with Gasteiger partial charge in [0, 0.05) is 17.9 Å². The Hall–Kier alpha value is -0.260. The molecule has 2 unspecified atom stereocenters. The number of benzene rings is 1. The highest BCUT2D eigenvalue weighted by Crippen LogP contribution is 2.32. The molecule has 0 spiro atoms. The van der Waals surface area contributed by atoms with Gasteiger partial charge in [0.25, 0.3) is 0 Å². The molecule has 2 aromatic rings. The fraction of sp³-hybridized carbons (Fsp3) is 0.533. The molecule has 1 aromatic carbocycles. The van der Waals surface area contributed by atoms with Crippen molar-refractivity contribution in [3.8, 4) is 0 Å². The summed E-state index contributed by atoms with van der Waals surface area (Å²) in [6, 6.07) is 3.29. The van der Waals surface area contributed by atoms with Gasteiger partial charge in [0.1, 0.15) is 11.6 Å². The highest BCUT2D eigenvalue weighted by molar-refractivity contribution is 9.10. The molecule has 0 aliphatic carbocycles. The van der Waals surface area contributed by atoms with Gasteiger partial charge in [0.2, 0.25) is 0 Å². The van der Waals surface area contributed by atoms with Crippen molar-refractivity contribution in [1.82, 2.24) is 9.55 Å². The lowest BCUT2D eigenvalue weighted by molar-refractivity contribution is 0.573. The molecule has 0 N–H and O–H groups in total. The van der Waals surface area contributed by atoms with Gasteiger partial charge in [-0.25, -0.2) is 9.37 Å². The minimum atomic E-state index is -0.256. The van der Waals surface area contributed by atoms with Crippen LogP contribution in [0, 0.1) is 5.82 Å². The van der Waals surface area contributed by atoms with Gasteiger partial charge in [-0.15, -0.1) is 11.6 Å². The molecule has 0 bridgehead atoms. The molecule has 1 aliphatic rings. The number of thioether (sulfide) groups is 1. The number of fused-ring (bicyclic) bond motifs is 1. The summed E-state index contributed by atoms with van der Waals surface area (Å²) >= 11 is 11.5. The number of hydrogen-bond donors (Lipinski definition) is 0. The Kier molecular flexibility index (Phi) is 4.81. The minimum absolute atomic E-state index is 0.187. The fourth-order valence-corrected chi connectivity index (χ4v) is 4.58. The number of aromatic nitrogens is 2. The summed E-state index contributed by atoms with van der Waals surface area (Å²) in [6.45, 7) is 2.77. The zero-order chi connectivity index (χ0) is 15.0. The van der Waals surface area contributed by atoms with Crippen LogP contribution in [0.5, 0.6) is 0 Å². The minimum Gasteiger partial charge on any atom is -0.326 e. The first-order valence-electron chi connectivity index (χ1n) is 7.17. The molecule has 0 radical (unpaired) electrons. The van der Waals surface area contributed by atoms with Crippen molar-refractivity contribution in [3.63, 3.8) is 0 Å². The Morgan fingerprint density at radius 3 is 3.00 bits per heavy atom. The number of nitrogens with zero attached hydrogens (tertiary/aromatic N) is 2. The maximum absolute atomic E-state index is 13.9. The van der Waals surface area contributed by atoms with E-state index in [9.17, 15) is 4.39 Å². The van der Waals surface area contributed by atoms with Gasteiger partial charge in [-0.05, 0) is 47.5 Å². The van der Waals surface area contributed by atoms with Crippen molar-refractivity contribution in [2.45, 2.75) is 43.4 Å². The van der Waals surface area contributed by atoms with Gasteiger partial charge >= 0.3 is 0 Å². The molecule has 1 aliphatic heterocycles. The molecule has 6 heteroatoms. The third kappa shape index (κ3) is 3.25. The molecule has 2 heterocycles. The average Bonchev–Trinajstić information content (AvgIpc) is 2.79. The van der Waals surface area contributed by atoms with Crippen molar-refractivity contribution in [1.29, 1.82) is 0 Å². The Morgan fingerprint density at radius 2 is 2.33 bits per heavy atom. The molecule has 1 saturated heterocycles. The third-order valence-electron chi connectivity index (χ3n) is 3.84. The first-order chi connectivity index (χ1) is 10.1. The van der Waals surface area contributed by atoms with Crippen LogP contribution in [0.15, 0.2) is 16.6 Å². The van der Waals surface area contributed by atoms with Crippen LogP contribution in [0.25, 0.3) is 11.0 Å². The summed E-state index contributed by atoms with van der Waals surface area (Å²) in [7, 11) is 0. The van der Waals surface area contributed by atoms with Crippen LogP contribution in [0.2, 0.25) is 0 Å². The summed E-state index contributed by atoms with van der Waals surface area (Å²) in [6.07, 6.45) is 3.78. The molecular weight excluding hydrogens is 375 g/mol. The van der Waals surface area contributed by atoms with Crippen LogP contribution >= 0.6 is 39.3 Å². The normalized spacial score (nSPS) is 20.9. The van der Waals surface area contributed by atoms with Crippen molar-refractivity contribution in [2.75, 3.05) is 5.75 Å². The summed E-state index contributed by atoms with van der Waals surface area (Å²) in [5.74, 6) is 1.78. The van der Waals surface area contributed by atoms with E-state index in [2.05, 4.69) is 25.5 Å². The Morgan fingerprint density at radius 1 is 1.52 bits per heavy atom. The van der Waals surface area contributed by atoms with Crippen LogP contribution in [0.3, 0.4) is 0 Å². The fourth-order valence-electron chi connectivity index (χ4n) is 2.79. The molecule has 3 rings (SSSR count). The first kappa shape index (κ1) is 15.6. The van der Waals surface area contributed by atoms with Gasteiger partial charge in [0.15, 0.2) is 0 Å². The number of alkyl halides is 1. The number of rotatable bonds is 3. The monoisotopic (exact) mass is 390 g/mol. The number of hydrogen-bond acceptors (Lipinski definition) is 2. The molecule has 2 nitrogen and oxygen atoms in total. The second-order valence-electron chi connectivity index (χ2n) is 5.44. The zero-order valence-electron chi connectivity index (χ0n) is 11.8. The molecule has 0 saturated carbocycles. The molecule has 1 fully saturated rings. The van der Waals surface area contributed by atoms with E-state index < -0.39 is 0 Å². The summed E-state index contributed by atoms with van der Waals surface area (Å²) in [5.41, 5.74) is 1.64. The lowest BCUT2D eigenvalue weighted by atomic mass is 10.2. The van der Waals surface area contributed by atoms with Crippen molar-refractivity contribution >= 4 is 50.3 Å². The van der Waals surface area contributed by atoms with Crippen LogP contribution < -0.4 is 0 Å². The second kappa shape index (κ2) is 6.47. The largest absolute Gasteiger partial charge is 0.326 e. The number of imidazole rings is 1.